The molecule has 1 heterocycles. The lowest BCUT2D eigenvalue weighted by Crippen LogP contribution is -2.24. The third kappa shape index (κ3) is 2.17. The molecule has 0 N–H and O–H groups in total. The quantitative estimate of drug-likeness (QED) is 0.602. The third-order valence-corrected chi connectivity index (χ3v) is 5.84. The predicted molar refractivity (Wildman–Crippen MR) is 49.2 cm³/mol. The van der Waals surface area contributed by atoms with E-state index in [1.807, 2.05) is 0 Å². The third-order valence-electron chi connectivity index (χ3n) is 2.14. The molecule has 1 saturated heterocycles. The van der Waals surface area contributed by atoms with E-state index in [9.17, 15) is 0 Å². The van der Waals surface area contributed by atoms with Crippen LogP contribution in [0.2, 0.25) is 0 Å². The minimum absolute atomic E-state index is 0.215. The molecule has 0 aromatic rings. The first-order chi connectivity index (χ1) is 4.77. The molecule has 0 unspecified atom stereocenters. The van der Waals surface area contributed by atoms with Crippen LogP contribution in [0.3, 0.4) is 0 Å². The van der Waals surface area contributed by atoms with Crippen LogP contribution in [0.25, 0.3) is 0 Å². The van der Waals surface area contributed by atoms with Gasteiger partial charge < -0.3 is 4.74 Å². The molecule has 0 aromatic heterocycles. The molecule has 0 aromatic carbocycles. The van der Waals surface area contributed by atoms with Gasteiger partial charge in [0.05, 0.1) is 13.2 Å². The fraction of sp³-hybridized carbons (Fsp3) is 1.00. The molecule has 1 rings (SSSR count). The smallest absolute Gasteiger partial charge is 0.0542 e. The highest BCUT2D eigenvalue weighted by molar-refractivity contribution is 8.33. The van der Waals surface area contributed by atoms with Gasteiger partial charge in [-0.2, -0.15) is 0 Å². The second-order valence-corrected chi connectivity index (χ2v) is 7.38. The highest BCUT2D eigenvalue weighted by atomic mass is 32.3. The SMILES string of the molecule is CCCS1(C)CCOCC1. The standard InChI is InChI=1S/C8H18OS/c1-3-6-10(2)7-4-9-5-8-10/h3-8H2,1-2H3. The van der Waals surface area contributed by atoms with Crippen LogP contribution in [-0.2, 0) is 4.74 Å². The zero-order valence-corrected chi connectivity index (χ0v) is 7.88. The van der Waals surface area contributed by atoms with E-state index >= 15 is 0 Å². The number of rotatable bonds is 2. The van der Waals surface area contributed by atoms with Gasteiger partial charge in [0.25, 0.3) is 0 Å². The molecule has 1 aliphatic heterocycles. The van der Waals surface area contributed by atoms with Crippen molar-refractivity contribution in [2.24, 2.45) is 0 Å². The van der Waals surface area contributed by atoms with Gasteiger partial charge in [0.2, 0.25) is 0 Å². The highest BCUT2D eigenvalue weighted by Crippen LogP contribution is 2.45. The fourth-order valence-electron chi connectivity index (χ4n) is 1.42. The summed E-state index contributed by atoms with van der Waals surface area (Å²) in [5, 5.41) is 0. The maximum Gasteiger partial charge on any atom is 0.0542 e. The first kappa shape index (κ1) is 8.41. The van der Waals surface area contributed by atoms with Crippen LogP contribution in [0.1, 0.15) is 13.3 Å². The van der Waals surface area contributed by atoms with Crippen molar-refractivity contribution in [1.29, 1.82) is 0 Å². The zero-order valence-electron chi connectivity index (χ0n) is 7.06. The van der Waals surface area contributed by atoms with Crippen molar-refractivity contribution in [2.45, 2.75) is 13.3 Å². The molecule has 10 heavy (non-hydrogen) atoms. The molecule has 1 aliphatic rings. The molecule has 0 amide bonds. The van der Waals surface area contributed by atoms with E-state index in [0.717, 1.165) is 13.2 Å². The Balaban J connectivity index is 2.32. The van der Waals surface area contributed by atoms with Gasteiger partial charge in [-0.3, -0.25) is 0 Å². The van der Waals surface area contributed by atoms with Crippen molar-refractivity contribution in [1.82, 2.24) is 0 Å². The minimum atomic E-state index is -0.215. The van der Waals surface area contributed by atoms with E-state index in [2.05, 4.69) is 13.2 Å². The summed E-state index contributed by atoms with van der Waals surface area (Å²) >= 11 is 0. The lowest BCUT2D eigenvalue weighted by molar-refractivity contribution is 0.159. The Morgan fingerprint density at radius 3 is 2.40 bits per heavy atom. The molecule has 0 radical (unpaired) electrons. The number of hydrogen-bond acceptors (Lipinski definition) is 1. The van der Waals surface area contributed by atoms with Crippen LogP contribution in [0.15, 0.2) is 0 Å². The molecule has 0 aliphatic carbocycles. The van der Waals surface area contributed by atoms with E-state index in [4.69, 9.17) is 4.74 Å². The normalized spacial score (nSPS) is 27.8. The van der Waals surface area contributed by atoms with E-state index in [-0.39, 0.29) is 10.0 Å². The summed E-state index contributed by atoms with van der Waals surface area (Å²) in [7, 11) is -0.215. The number of ether oxygens (including phenoxy) is 1. The molecule has 0 atom stereocenters. The highest BCUT2D eigenvalue weighted by Gasteiger charge is 2.20. The predicted octanol–water partition coefficient (Wildman–Crippen LogP) is 1.86. The lowest BCUT2D eigenvalue weighted by Gasteiger charge is -2.39. The summed E-state index contributed by atoms with van der Waals surface area (Å²) in [4.78, 5) is 0. The Morgan fingerprint density at radius 1 is 1.30 bits per heavy atom. The Morgan fingerprint density at radius 2 is 1.90 bits per heavy atom. The van der Waals surface area contributed by atoms with Crippen LogP contribution in [0.5, 0.6) is 0 Å². The molecule has 2 heteroatoms. The molecule has 0 bridgehead atoms. The summed E-state index contributed by atoms with van der Waals surface area (Å²) in [5.41, 5.74) is 0. The zero-order chi connectivity index (χ0) is 7.45. The second kappa shape index (κ2) is 3.63. The lowest BCUT2D eigenvalue weighted by atomic mass is 10.6. The minimum Gasteiger partial charge on any atom is -0.380 e. The fourth-order valence-corrected chi connectivity index (χ4v) is 4.06. The maximum atomic E-state index is 5.33. The van der Waals surface area contributed by atoms with Gasteiger partial charge in [0, 0.05) is 11.5 Å². The largest absolute Gasteiger partial charge is 0.380 e. The van der Waals surface area contributed by atoms with E-state index < -0.39 is 0 Å². The van der Waals surface area contributed by atoms with Crippen molar-refractivity contribution in [3.05, 3.63) is 0 Å². The first-order valence-electron chi connectivity index (χ1n) is 4.06. The van der Waals surface area contributed by atoms with Crippen molar-refractivity contribution >= 4 is 10.0 Å². The monoisotopic (exact) mass is 162 g/mol. The van der Waals surface area contributed by atoms with E-state index in [0.29, 0.717) is 0 Å². The van der Waals surface area contributed by atoms with Gasteiger partial charge in [-0.05, 0) is 18.4 Å². The molecular formula is C8H18OS. The Hall–Kier alpha value is 0.310. The van der Waals surface area contributed by atoms with E-state index in [1.165, 1.54) is 23.7 Å². The van der Waals surface area contributed by atoms with Crippen LogP contribution < -0.4 is 0 Å². The average molecular weight is 162 g/mol. The second-order valence-electron chi connectivity index (χ2n) is 3.20. The number of hydrogen-bond donors (Lipinski definition) is 0. The summed E-state index contributed by atoms with van der Waals surface area (Å²) in [6, 6.07) is 0. The van der Waals surface area contributed by atoms with Crippen molar-refractivity contribution in [3.63, 3.8) is 0 Å². The van der Waals surface area contributed by atoms with Gasteiger partial charge in [-0.25, -0.2) is 10.0 Å². The van der Waals surface area contributed by atoms with Crippen LogP contribution in [0.4, 0.5) is 0 Å². The van der Waals surface area contributed by atoms with Crippen molar-refractivity contribution < 1.29 is 4.74 Å². The Bertz CT molecular complexity index is 91.9. The van der Waals surface area contributed by atoms with Gasteiger partial charge in [0.15, 0.2) is 0 Å². The molecule has 1 nitrogen and oxygen atoms in total. The van der Waals surface area contributed by atoms with Gasteiger partial charge in [-0.1, -0.05) is 6.92 Å². The summed E-state index contributed by atoms with van der Waals surface area (Å²) in [6.07, 6.45) is 3.82. The Kier molecular flexibility index (Phi) is 3.05. The molecular weight excluding hydrogens is 144 g/mol. The molecule has 0 spiro atoms. The van der Waals surface area contributed by atoms with Crippen molar-refractivity contribution in [2.75, 3.05) is 36.7 Å². The van der Waals surface area contributed by atoms with Gasteiger partial charge in [-0.15, -0.1) is 0 Å². The summed E-state index contributed by atoms with van der Waals surface area (Å²) < 4.78 is 5.33. The van der Waals surface area contributed by atoms with E-state index in [1.54, 1.807) is 0 Å². The first-order valence-corrected chi connectivity index (χ1v) is 6.61. The topological polar surface area (TPSA) is 9.23 Å². The van der Waals surface area contributed by atoms with Crippen LogP contribution in [-0.4, -0.2) is 36.7 Å². The molecule has 62 valence electrons. The molecule has 0 saturated carbocycles. The summed E-state index contributed by atoms with van der Waals surface area (Å²) in [6.45, 7) is 4.32. The van der Waals surface area contributed by atoms with Crippen LogP contribution >= 0.6 is 10.0 Å². The van der Waals surface area contributed by atoms with Crippen LogP contribution in [0, 0.1) is 0 Å². The van der Waals surface area contributed by atoms with Gasteiger partial charge in [0.1, 0.15) is 0 Å². The van der Waals surface area contributed by atoms with Crippen molar-refractivity contribution in [3.8, 4) is 0 Å². The maximum absolute atomic E-state index is 5.33. The molecule has 1 fully saturated rings. The average Bonchev–Trinajstić information content (AvgIpc) is 1.89. The Labute approximate surface area is 65.5 Å². The summed E-state index contributed by atoms with van der Waals surface area (Å²) in [5.74, 6) is 4.15. The van der Waals surface area contributed by atoms with Gasteiger partial charge >= 0.3 is 0 Å².